The van der Waals surface area contributed by atoms with Crippen LogP contribution in [0.5, 0.6) is 0 Å². The monoisotopic (exact) mass is 306 g/mol. The minimum Gasteiger partial charge on any atom is -0.480 e. The van der Waals surface area contributed by atoms with E-state index >= 15 is 0 Å². The Morgan fingerprint density at radius 1 is 1.38 bits per heavy atom. The van der Waals surface area contributed by atoms with Crippen molar-refractivity contribution in [1.29, 1.82) is 0 Å². The maximum atomic E-state index is 11.4. The standard InChI is InChI=1S/C14H18N4O2S/c1-2-8-18-13(15-16-17-18)10-21-12(14(19)20)9-11-6-4-3-5-7-11/h3-7,12H,2,8-10H2,1H3,(H,19,20). The molecule has 1 aromatic carbocycles. The highest BCUT2D eigenvalue weighted by Gasteiger charge is 2.20. The van der Waals surface area contributed by atoms with E-state index in [0.717, 1.165) is 24.4 Å². The predicted octanol–water partition coefficient (Wildman–Crippen LogP) is 2.01. The predicted molar refractivity (Wildman–Crippen MR) is 81.0 cm³/mol. The Balaban J connectivity index is 1.97. The number of carbonyl (C=O) groups is 1. The molecule has 112 valence electrons. The fourth-order valence-electron chi connectivity index (χ4n) is 1.93. The molecule has 0 fully saturated rings. The molecule has 2 rings (SSSR count). The van der Waals surface area contributed by atoms with Crippen molar-refractivity contribution in [2.45, 2.75) is 37.3 Å². The van der Waals surface area contributed by atoms with Gasteiger partial charge >= 0.3 is 5.97 Å². The van der Waals surface area contributed by atoms with Crippen molar-refractivity contribution in [3.8, 4) is 0 Å². The molecule has 1 heterocycles. The summed E-state index contributed by atoms with van der Waals surface area (Å²) in [5.41, 5.74) is 1.02. The number of thioether (sulfide) groups is 1. The molecule has 6 nitrogen and oxygen atoms in total. The molecule has 1 N–H and O–H groups in total. The minimum atomic E-state index is -0.807. The first kappa shape index (κ1) is 15.5. The van der Waals surface area contributed by atoms with Gasteiger partial charge < -0.3 is 5.11 Å². The summed E-state index contributed by atoms with van der Waals surface area (Å²) in [6.07, 6.45) is 1.44. The molecule has 21 heavy (non-hydrogen) atoms. The zero-order valence-electron chi connectivity index (χ0n) is 11.8. The van der Waals surface area contributed by atoms with Crippen molar-refractivity contribution >= 4 is 17.7 Å². The summed E-state index contributed by atoms with van der Waals surface area (Å²) in [4.78, 5) is 11.4. The summed E-state index contributed by atoms with van der Waals surface area (Å²) < 4.78 is 1.73. The van der Waals surface area contributed by atoms with Crippen LogP contribution in [0.4, 0.5) is 0 Å². The summed E-state index contributed by atoms with van der Waals surface area (Å²) >= 11 is 1.36. The average molecular weight is 306 g/mol. The molecule has 0 bridgehead atoms. The summed E-state index contributed by atoms with van der Waals surface area (Å²) in [6.45, 7) is 2.80. The van der Waals surface area contributed by atoms with Gasteiger partial charge in [-0.1, -0.05) is 37.3 Å². The number of nitrogens with zero attached hydrogens (tertiary/aromatic N) is 4. The lowest BCUT2D eigenvalue weighted by Gasteiger charge is -2.12. The SMILES string of the molecule is CCCn1nnnc1CSC(Cc1ccccc1)C(=O)O. The fraction of sp³-hybridized carbons (Fsp3) is 0.429. The highest BCUT2D eigenvalue weighted by Crippen LogP contribution is 2.20. The van der Waals surface area contributed by atoms with Crippen LogP contribution in [0.2, 0.25) is 0 Å². The van der Waals surface area contributed by atoms with Gasteiger partial charge in [0.25, 0.3) is 0 Å². The molecule has 7 heteroatoms. The molecule has 1 unspecified atom stereocenters. The highest BCUT2D eigenvalue weighted by atomic mass is 32.2. The molecule has 1 atom stereocenters. The average Bonchev–Trinajstić information content (AvgIpc) is 2.92. The van der Waals surface area contributed by atoms with Crippen LogP contribution in [0.1, 0.15) is 24.7 Å². The van der Waals surface area contributed by atoms with Crippen LogP contribution in [0.25, 0.3) is 0 Å². The van der Waals surface area contributed by atoms with Gasteiger partial charge in [0.1, 0.15) is 5.25 Å². The van der Waals surface area contributed by atoms with Crippen molar-refractivity contribution in [2.75, 3.05) is 0 Å². The third kappa shape index (κ3) is 4.56. The molecule has 0 saturated heterocycles. The number of aliphatic carboxylic acids is 1. The highest BCUT2D eigenvalue weighted by molar-refractivity contribution is 7.99. The quantitative estimate of drug-likeness (QED) is 0.803. The molecule has 1 aromatic heterocycles. The molecule has 2 aromatic rings. The van der Waals surface area contributed by atoms with Crippen LogP contribution in [-0.2, 0) is 23.5 Å². The first-order chi connectivity index (χ1) is 10.2. The Hall–Kier alpha value is -1.89. The topological polar surface area (TPSA) is 80.9 Å². The van der Waals surface area contributed by atoms with Crippen molar-refractivity contribution in [2.24, 2.45) is 0 Å². The maximum absolute atomic E-state index is 11.4. The Bertz CT molecular complexity index is 573. The Morgan fingerprint density at radius 3 is 2.81 bits per heavy atom. The van der Waals surface area contributed by atoms with Crippen LogP contribution in [-0.4, -0.2) is 36.5 Å². The van der Waals surface area contributed by atoms with E-state index in [4.69, 9.17) is 0 Å². The summed E-state index contributed by atoms with van der Waals surface area (Å²) in [5.74, 6) is 0.413. The van der Waals surface area contributed by atoms with Crippen molar-refractivity contribution in [3.63, 3.8) is 0 Å². The number of aryl methyl sites for hydroxylation is 1. The third-order valence-corrected chi connectivity index (χ3v) is 4.19. The van der Waals surface area contributed by atoms with Gasteiger partial charge in [-0.15, -0.1) is 16.9 Å². The molecule has 0 radical (unpaired) electrons. The van der Waals surface area contributed by atoms with Gasteiger partial charge in [-0.3, -0.25) is 4.79 Å². The Morgan fingerprint density at radius 2 is 2.14 bits per heavy atom. The number of benzene rings is 1. The number of hydrogen-bond donors (Lipinski definition) is 1. The van der Waals surface area contributed by atoms with Gasteiger partial charge in [0.05, 0.1) is 5.75 Å². The second-order valence-electron chi connectivity index (χ2n) is 4.65. The van der Waals surface area contributed by atoms with E-state index in [-0.39, 0.29) is 0 Å². The Labute approximate surface area is 127 Å². The van der Waals surface area contributed by atoms with E-state index in [2.05, 4.69) is 15.5 Å². The zero-order chi connectivity index (χ0) is 15.1. The lowest BCUT2D eigenvalue weighted by Crippen LogP contribution is -2.20. The van der Waals surface area contributed by atoms with Crippen molar-refractivity contribution in [3.05, 3.63) is 41.7 Å². The maximum Gasteiger partial charge on any atom is 0.316 e. The fourth-order valence-corrected chi connectivity index (χ4v) is 2.94. The number of carboxylic acids is 1. The second-order valence-corrected chi connectivity index (χ2v) is 5.84. The van der Waals surface area contributed by atoms with Crippen molar-refractivity contribution < 1.29 is 9.90 Å². The van der Waals surface area contributed by atoms with E-state index in [1.54, 1.807) is 4.68 Å². The van der Waals surface area contributed by atoms with Gasteiger partial charge in [0.2, 0.25) is 0 Å². The summed E-state index contributed by atoms with van der Waals surface area (Å²) in [7, 11) is 0. The first-order valence-electron chi connectivity index (χ1n) is 6.84. The van der Waals surface area contributed by atoms with Gasteiger partial charge in [0, 0.05) is 6.54 Å². The number of rotatable bonds is 8. The first-order valence-corrected chi connectivity index (χ1v) is 7.89. The molecule has 0 spiro atoms. The number of tetrazole rings is 1. The van der Waals surface area contributed by atoms with Gasteiger partial charge in [-0.25, -0.2) is 4.68 Å². The van der Waals surface area contributed by atoms with Crippen LogP contribution >= 0.6 is 11.8 Å². The van der Waals surface area contributed by atoms with E-state index in [1.807, 2.05) is 37.3 Å². The molecule has 0 saturated carbocycles. The van der Waals surface area contributed by atoms with E-state index < -0.39 is 11.2 Å². The van der Waals surface area contributed by atoms with E-state index in [1.165, 1.54) is 11.8 Å². The molecular formula is C14H18N4O2S. The molecule has 0 aliphatic carbocycles. The van der Waals surface area contributed by atoms with Crippen LogP contribution in [0, 0.1) is 0 Å². The molecule has 0 aliphatic rings. The van der Waals surface area contributed by atoms with Crippen LogP contribution in [0.15, 0.2) is 30.3 Å². The third-order valence-electron chi connectivity index (χ3n) is 2.99. The van der Waals surface area contributed by atoms with Gasteiger partial charge in [-0.05, 0) is 28.8 Å². The van der Waals surface area contributed by atoms with E-state index in [0.29, 0.717) is 12.2 Å². The van der Waals surface area contributed by atoms with Crippen LogP contribution in [0.3, 0.4) is 0 Å². The largest absolute Gasteiger partial charge is 0.480 e. The normalized spacial score (nSPS) is 12.2. The number of aromatic nitrogens is 4. The summed E-state index contributed by atoms with van der Waals surface area (Å²) in [5, 5.41) is 20.4. The lowest BCUT2D eigenvalue weighted by atomic mass is 10.1. The zero-order valence-corrected chi connectivity index (χ0v) is 12.7. The summed E-state index contributed by atoms with van der Waals surface area (Å²) in [6, 6.07) is 9.64. The molecule has 0 aliphatic heterocycles. The number of carboxylic acid groups (broad SMARTS) is 1. The molecule has 0 amide bonds. The van der Waals surface area contributed by atoms with Gasteiger partial charge in [0.15, 0.2) is 5.82 Å². The van der Waals surface area contributed by atoms with E-state index in [9.17, 15) is 9.90 Å². The molecular weight excluding hydrogens is 288 g/mol. The van der Waals surface area contributed by atoms with Crippen LogP contribution < -0.4 is 0 Å². The van der Waals surface area contributed by atoms with Gasteiger partial charge in [-0.2, -0.15) is 0 Å². The smallest absolute Gasteiger partial charge is 0.316 e. The number of hydrogen-bond acceptors (Lipinski definition) is 5. The minimum absolute atomic E-state index is 0.496. The van der Waals surface area contributed by atoms with Crippen molar-refractivity contribution in [1.82, 2.24) is 20.2 Å². The second kappa shape index (κ2) is 7.78. The Kier molecular flexibility index (Phi) is 5.74. The lowest BCUT2D eigenvalue weighted by molar-refractivity contribution is -0.136.